The van der Waals surface area contributed by atoms with Crippen molar-refractivity contribution in [3.63, 3.8) is 0 Å². The van der Waals surface area contributed by atoms with E-state index in [1.165, 1.54) is 53.1 Å². The van der Waals surface area contributed by atoms with E-state index in [9.17, 15) is 0 Å². The van der Waals surface area contributed by atoms with Crippen molar-refractivity contribution in [3.05, 3.63) is 47.7 Å². The summed E-state index contributed by atoms with van der Waals surface area (Å²) >= 11 is 0. The highest BCUT2D eigenvalue weighted by atomic mass is 15.1. The lowest BCUT2D eigenvalue weighted by molar-refractivity contribution is 0.351. The fraction of sp³-hybridized carbons (Fsp3) is 0.333. The van der Waals surface area contributed by atoms with Gasteiger partial charge in [-0.1, -0.05) is 36.4 Å². The van der Waals surface area contributed by atoms with Crippen LogP contribution in [0.25, 0.3) is 21.7 Å². The Bertz CT molecular complexity index is 829. The van der Waals surface area contributed by atoms with Gasteiger partial charge in [0.2, 0.25) is 0 Å². The topological polar surface area (TPSA) is 25.8 Å². The van der Waals surface area contributed by atoms with Crippen LogP contribution in [0, 0.1) is 0 Å². The van der Waals surface area contributed by atoms with Crippen LogP contribution in [-0.2, 0) is 0 Å². The van der Waals surface area contributed by atoms with Crippen LogP contribution in [0.4, 0.5) is 0 Å². The number of nitrogens with zero attached hydrogens (tertiary/aromatic N) is 2. The molecule has 6 rings (SSSR count). The van der Waals surface area contributed by atoms with Gasteiger partial charge in [0.05, 0.1) is 5.69 Å². The standard InChI is InChI=1S/C18H16N2/c1-2-4-14-11(3-1)9-10-15-16-12-5-7-13(8-6-12)17(16)19-20-18(14)15/h1-4,9-10,12-13H,5-8H2. The van der Waals surface area contributed by atoms with Gasteiger partial charge in [-0.2, -0.15) is 5.10 Å². The van der Waals surface area contributed by atoms with Gasteiger partial charge in [0.1, 0.15) is 5.52 Å². The molecule has 2 nitrogen and oxygen atoms in total. The highest BCUT2D eigenvalue weighted by molar-refractivity contribution is 6.06. The predicted octanol–water partition coefficient (Wildman–Crippen LogP) is 4.54. The lowest BCUT2D eigenvalue weighted by Gasteiger charge is -2.37. The third-order valence-electron chi connectivity index (χ3n) is 5.25. The molecule has 0 amide bonds. The predicted molar refractivity (Wildman–Crippen MR) is 81.0 cm³/mol. The zero-order valence-corrected chi connectivity index (χ0v) is 11.3. The van der Waals surface area contributed by atoms with Crippen molar-refractivity contribution in [1.82, 2.24) is 10.2 Å². The van der Waals surface area contributed by atoms with Gasteiger partial charge < -0.3 is 0 Å². The molecule has 0 radical (unpaired) electrons. The molecule has 0 N–H and O–H groups in total. The Morgan fingerprint density at radius 2 is 1.55 bits per heavy atom. The molecule has 3 aliphatic carbocycles. The summed E-state index contributed by atoms with van der Waals surface area (Å²) in [7, 11) is 0. The fourth-order valence-corrected chi connectivity index (χ4v) is 4.26. The van der Waals surface area contributed by atoms with Crippen molar-refractivity contribution >= 4 is 21.7 Å². The fourth-order valence-electron chi connectivity index (χ4n) is 4.26. The first kappa shape index (κ1) is 10.8. The third-order valence-corrected chi connectivity index (χ3v) is 5.25. The summed E-state index contributed by atoms with van der Waals surface area (Å²) in [4.78, 5) is 0. The van der Waals surface area contributed by atoms with Crippen molar-refractivity contribution in [2.45, 2.75) is 37.5 Å². The maximum Gasteiger partial charge on any atom is 0.101 e. The third kappa shape index (κ3) is 1.29. The maximum absolute atomic E-state index is 4.63. The minimum absolute atomic E-state index is 0.665. The maximum atomic E-state index is 4.63. The normalized spacial score (nSPS) is 24.2. The molecule has 98 valence electrons. The Balaban J connectivity index is 1.93. The minimum Gasteiger partial charge on any atom is -0.154 e. The van der Waals surface area contributed by atoms with Crippen molar-refractivity contribution in [3.8, 4) is 0 Å². The average Bonchev–Trinajstić information content (AvgIpc) is 2.55. The number of hydrogen-bond acceptors (Lipinski definition) is 2. The highest BCUT2D eigenvalue weighted by Gasteiger charge is 2.35. The van der Waals surface area contributed by atoms with Gasteiger partial charge in [0.25, 0.3) is 0 Å². The van der Waals surface area contributed by atoms with E-state index in [2.05, 4.69) is 46.6 Å². The van der Waals surface area contributed by atoms with Crippen LogP contribution in [0.1, 0.15) is 48.8 Å². The molecule has 1 aromatic heterocycles. The van der Waals surface area contributed by atoms with E-state index in [0.29, 0.717) is 11.8 Å². The van der Waals surface area contributed by atoms with Crippen LogP contribution in [0.15, 0.2) is 36.4 Å². The van der Waals surface area contributed by atoms with Gasteiger partial charge in [-0.3, -0.25) is 0 Å². The van der Waals surface area contributed by atoms with Crippen molar-refractivity contribution in [2.24, 2.45) is 0 Å². The first-order valence-corrected chi connectivity index (χ1v) is 7.60. The molecule has 0 spiro atoms. The first-order chi connectivity index (χ1) is 9.92. The zero-order chi connectivity index (χ0) is 13.1. The van der Waals surface area contributed by atoms with Crippen LogP contribution in [0.5, 0.6) is 0 Å². The molecule has 0 aliphatic heterocycles. The van der Waals surface area contributed by atoms with Crippen molar-refractivity contribution in [1.29, 1.82) is 0 Å². The Morgan fingerprint density at radius 1 is 0.750 bits per heavy atom. The van der Waals surface area contributed by atoms with Crippen LogP contribution >= 0.6 is 0 Å². The van der Waals surface area contributed by atoms with Gasteiger partial charge in [-0.05, 0) is 42.6 Å². The highest BCUT2D eigenvalue weighted by Crippen LogP contribution is 2.50. The molecule has 1 heterocycles. The molecule has 0 atom stereocenters. The van der Waals surface area contributed by atoms with Crippen molar-refractivity contribution in [2.75, 3.05) is 0 Å². The van der Waals surface area contributed by atoms with Crippen LogP contribution in [0.3, 0.4) is 0 Å². The molecule has 3 aliphatic rings. The van der Waals surface area contributed by atoms with Gasteiger partial charge in [0, 0.05) is 16.7 Å². The van der Waals surface area contributed by atoms with Crippen molar-refractivity contribution < 1.29 is 0 Å². The molecule has 1 fully saturated rings. The largest absolute Gasteiger partial charge is 0.154 e. The van der Waals surface area contributed by atoms with Gasteiger partial charge in [0.15, 0.2) is 0 Å². The second-order valence-electron chi connectivity index (χ2n) is 6.23. The van der Waals surface area contributed by atoms with E-state index < -0.39 is 0 Å². The Morgan fingerprint density at radius 3 is 2.45 bits per heavy atom. The van der Waals surface area contributed by atoms with Crippen LogP contribution in [0.2, 0.25) is 0 Å². The van der Waals surface area contributed by atoms with E-state index in [0.717, 1.165) is 5.52 Å². The Labute approximate surface area is 117 Å². The van der Waals surface area contributed by atoms with E-state index in [4.69, 9.17) is 0 Å². The molecular formula is C18H16N2. The molecule has 2 heteroatoms. The molecular weight excluding hydrogens is 244 g/mol. The van der Waals surface area contributed by atoms with E-state index in [1.807, 2.05) is 0 Å². The summed E-state index contributed by atoms with van der Waals surface area (Å²) in [5.41, 5.74) is 3.91. The van der Waals surface area contributed by atoms with E-state index in [-0.39, 0.29) is 0 Å². The number of benzene rings is 2. The SMILES string of the molecule is c1ccc2c(c1)ccc1c3c(nnc12)C1CCC3CC1. The van der Waals surface area contributed by atoms with Gasteiger partial charge >= 0.3 is 0 Å². The number of hydrogen-bond donors (Lipinski definition) is 0. The smallest absolute Gasteiger partial charge is 0.101 e. The molecule has 3 aromatic rings. The van der Waals surface area contributed by atoms with Crippen LogP contribution in [-0.4, -0.2) is 10.2 Å². The molecule has 2 aromatic carbocycles. The second kappa shape index (κ2) is 3.78. The summed E-state index contributed by atoms with van der Waals surface area (Å²) in [6.07, 6.45) is 5.30. The lowest BCUT2D eigenvalue weighted by atomic mass is 9.68. The monoisotopic (exact) mass is 260 g/mol. The zero-order valence-electron chi connectivity index (χ0n) is 11.3. The number of aromatic nitrogens is 2. The number of rotatable bonds is 0. The summed E-state index contributed by atoms with van der Waals surface area (Å²) < 4.78 is 0. The Hall–Kier alpha value is -1.96. The minimum atomic E-state index is 0.665. The quantitative estimate of drug-likeness (QED) is 0.555. The number of fused-ring (bicyclic) bond motifs is 5. The first-order valence-electron chi connectivity index (χ1n) is 7.60. The average molecular weight is 260 g/mol. The Kier molecular flexibility index (Phi) is 2.04. The van der Waals surface area contributed by atoms with E-state index >= 15 is 0 Å². The summed E-state index contributed by atoms with van der Waals surface area (Å²) in [6, 6.07) is 13.0. The van der Waals surface area contributed by atoms with Gasteiger partial charge in [-0.25, -0.2) is 0 Å². The molecule has 2 bridgehead atoms. The van der Waals surface area contributed by atoms with Gasteiger partial charge in [-0.15, -0.1) is 5.10 Å². The lowest BCUT2D eigenvalue weighted by Crippen LogP contribution is -2.23. The summed E-state index contributed by atoms with van der Waals surface area (Å²) in [5.74, 6) is 1.38. The summed E-state index contributed by atoms with van der Waals surface area (Å²) in [5, 5.41) is 13.1. The summed E-state index contributed by atoms with van der Waals surface area (Å²) in [6.45, 7) is 0. The molecule has 1 saturated carbocycles. The molecule has 20 heavy (non-hydrogen) atoms. The molecule has 0 unspecified atom stereocenters. The van der Waals surface area contributed by atoms with E-state index in [1.54, 1.807) is 0 Å². The second-order valence-corrected chi connectivity index (χ2v) is 6.23. The van der Waals surface area contributed by atoms with Crippen LogP contribution < -0.4 is 0 Å². The molecule has 0 saturated heterocycles.